The van der Waals surface area contributed by atoms with Crippen LogP contribution in [0.2, 0.25) is 0 Å². The lowest BCUT2D eigenvalue weighted by Crippen LogP contribution is -2.12. The van der Waals surface area contributed by atoms with E-state index in [2.05, 4.69) is 20.0 Å². The van der Waals surface area contributed by atoms with Gasteiger partial charge in [0.1, 0.15) is 22.7 Å². The number of amides is 1. The van der Waals surface area contributed by atoms with Gasteiger partial charge in [0.15, 0.2) is 0 Å². The Kier molecular flexibility index (Phi) is 2.75. The lowest BCUT2D eigenvalue weighted by atomic mass is 10.4. The quantitative estimate of drug-likeness (QED) is 0.805. The lowest BCUT2D eigenvalue weighted by Gasteiger charge is -1.96. The molecule has 6 nitrogen and oxygen atoms in total. The molecular formula is C8H8N4O2S. The monoisotopic (exact) mass is 224 g/mol. The minimum atomic E-state index is -0.297. The predicted octanol–water partition coefficient (Wildman–Crippen LogP) is 0.842. The summed E-state index contributed by atoms with van der Waals surface area (Å²) < 4.78 is 4.58. The minimum absolute atomic E-state index is 0.297. The summed E-state index contributed by atoms with van der Waals surface area (Å²) in [6.07, 6.45) is 2.75. The number of nitrogens with one attached hydrogen (secondary N) is 1. The van der Waals surface area contributed by atoms with Crippen LogP contribution in [0.3, 0.4) is 0 Å². The Morgan fingerprint density at radius 1 is 1.67 bits per heavy atom. The molecule has 2 aromatic rings. The van der Waals surface area contributed by atoms with Crippen molar-refractivity contribution >= 4 is 22.9 Å². The Balaban J connectivity index is 2.08. The van der Waals surface area contributed by atoms with Gasteiger partial charge in [-0.05, 0) is 0 Å². The SMILES string of the molecule is NCc1nc(C(=O)Nc2cnoc2)cs1. The molecule has 0 bridgehead atoms. The van der Waals surface area contributed by atoms with Crippen LogP contribution in [0.25, 0.3) is 0 Å². The fourth-order valence-electron chi connectivity index (χ4n) is 0.971. The number of carbonyl (C=O) groups excluding carboxylic acids is 1. The molecule has 2 aromatic heterocycles. The van der Waals surface area contributed by atoms with E-state index in [0.717, 1.165) is 5.01 Å². The third-order valence-electron chi connectivity index (χ3n) is 1.65. The van der Waals surface area contributed by atoms with E-state index in [1.165, 1.54) is 23.8 Å². The van der Waals surface area contributed by atoms with Crippen LogP contribution in [-0.2, 0) is 6.54 Å². The molecule has 0 saturated heterocycles. The molecule has 0 unspecified atom stereocenters. The Bertz CT molecular complexity index is 451. The summed E-state index contributed by atoms with van der Waals surface area (Å²) in [6, 6.07) is 0. The van der Waals surface area contributed by atoms with E-state index in [0.29, 0.717) is 17.9 Å². The smallest absolute Gasteiger partial charge is 0.275 e. The van der Waals surface area contributed by atoms with Crippen molar-refractivity contribution in [2.24, 2.45) is 5.73 Å². The van der Waals surface area contributed by atoms with Gasteiger partial charge in [0, 0.05) is 11.9 Å². The van der Waals surface area contributed by atoms with Crippen molar-refractivity contribution in [1.29, 1.82) is 0 Å². The Morgan fingerprint density at radius 2 is 2.53 bits per heavy atom. The number of carbonyl (C=O) groups is 1. The van der Waals surface area contributed by atoms with Crippen LogP contribution in [0.4, 0.5) is 5.69 Å². The third-order valence-corrected chi connectivity index (χ3v) is 2.52. The van der Waals surface area contributed by atoms with E-state index in [4.69, 9.17) is 5.73 Å². The second-order valence-electron chi connectivity index (χ2n) is 2.70. The summed E-state index contributed by atoms with van der Waals surface area (Å²) in [5.41, 5.74) is 6.24. The van der Waals surface area contributed by atoms with Gasteiger partial charge < -0.3 is 15.6 Å². The Hall–Kier alpha value is -1.73. The molecule has 78 valence electrons. The van der Waals surface area contributed by atoms with Crippen LogP contribution in [0.5, 0.6) is 0 Å². The zero-order chi connectivity index (χ0) is 10.7. The summed E-state index contributed by atoms with van der Waals surface area (Å²) in [4.78, 5) is 15.6. The molecule has 1 amide bonds. The molecule has 0 aliphatic carbocycles. The highest BCUT2D eigenvalue weighted by Crippen LogP contribution is 2.11. The summed E-state index contributed by atoms with van der Waals surface area (Å²) in [6.45, 7) is 0.339. The number of nitrogens with zero attached hydrogens (tertiary/aromatic N) is 2. The van der Waals surface area contributed by atoms with E-state index in [9.17, 15) is 4.79 Å². The zero-order valence-corrected chi connectivity index (χ0v) is 8.45. The molecule has 0 aliphatic rings. The Morgan fingerprint density at radius 3 is 3.13 bits per heavy atom. The largest absolute Gasteiger partial charge is 0.363 e. The normalized spacial score (nSPS) is 10.2. The van der Waals surface area contributed by atoms with Crippen molar-refractivity contribution in [3.63, 3.8) is 0 Å². The van der Waals surface area contributed by atoms with Gasteiger partial charge in [0.25, 0.3) is 5.91 Å². The van der Waals surface area contributed by atoms with Crippen molar-refractivity contribution in [1.82, 2.24) is 10.1 Å². The maximum atomic E-state index is 11.6. The Labute approximate surface area is 89.1 Å². The molecule has 0 fully saturated rings. The second-order valence-corrected chi connectivity index (χ2v) is 3.64. The number of thiazole rings is 1. The van der Waals surface area contributed by atoms with Gasteiger partial charge in [-0.25, -0.2) is 4.98 Å². The average molecular weight is 224 g/mol. The number of aromatic nitrogens is 2. The first-order valence-electron chi connectivity index (χ1n) is 4.15. The maximum absolute atomic E-state index is 11.6. The van der Waals surface area contributed by atoms with Crippen LogP contribution >= 0.6 is 11.3 Å². The summed E-state index contributed by atoms with van der Waals surface area (Å²) in [5.74, 6) is -0.297. The van der Waals surface area contributed by atoms with Gasteiger partial charge in [-0.1, -0.05) is 5.16 Å². The summed E-state index contributed by atoms with van der Waals surface area (Å²) >= 11 is 1.35. The number of anilines is 1. The van der Waals surface area contributed by atoms with E-state index in [1.807, 2.05) is 0 Å². The van der Waals surface area contributed by atoms with Gasteiger partial charge in [-0.3, -0.25) is 4.79 Å². The van der Waals surface area contributed by atoms with Crippen LogP contribution in [-0.4, -0.2) is 16.0 Å². The topological polar surface area (TPSA) is 94.0 Å². The molecule has 0 aliphatic heterocycles. The van der Waals surface area contributed by atoms with Crippen molar-refractivity contribution < 1.29 is 9.32 Å². The molecule has 15 heavy (non-hydrogen) atoms. The molecule has 2 rings (SSSR count). The minimum Gasteiger partial charge on any atom is -0.363 e. The van der Waals surface area contributed by atoms with Crippen molar-refractivity contribution in [2.45, 2.75) is 6.54 Å². The molecule has 2 heterocycles. The van der Waals surface area contributed by atoms with E-state index in [1.54, 1.807) is 5.38 Å². The summed E-state index contributed by atoms with van der Waals surface area (Å²) in [5, 5.41) is 8.43. The van der Waals surface area contributed by atoms with Crippen molar-refractivity contribution in [2.75, 3.05) is 5.32 Å². The van der Waals surface area contributed by atoms with Crippen molar-refractivity contribution in [3.05, 3.63) is 28.5 Å². The summed E-state index contributed by atoms with van der Waals surface area (Å²) in [7, 11) is 0. The van der Waals surface area contributed by atoms with Gasteiger partial charge in [0.05, 0.1) is 6.20 Å². The van der Waals surface area contributed by atoms with Crippen LogP contribution in [0.15, 0.2) is 22.4 Å². The maximum Gasteiger partial charge on any atom is 0.275 e. The highest BCUT2D eigenvalue weighted by Gasteiger charge is 2.10. The van der Waals surface area contributed by atoms with Gasteiger partial charge in [0.2, 0.25) is 0 Å². The number of rotatable bonds is 3. The second kappa shape index (κ2) is 4.20. The number of nitrogens with two attached hydrogens (primary N) is 1. The molecular weight excluding hydrogens is 216 g/mol. The fraction of sp³-hybridized carbons (Fsp3) is 0.125. The molecule has 0 saturated carbocycles. The molecule has 7 heteroatoms. The number of hydrogen-bond acceptors (Lipinski definition) is 6. The third kappa shape index (κ3) is 2.20. The molecule has 3 N–H and O–H groups in total. The highest BCUT2D eigenvalue weighted by atomic mass is 32.1. The fourth-order valence-corrected chi connectivity index (χ4v) is 1.63. The number of hydrogen-bond donors (Lipinski definition) is 2. The first kappa shape index (κ1) is 9.81. The first-order chi connectivity index (χ1) is 7.29. The lowest BCUT2D eigenvalue weighted by molar-refractivity contribution is 0.102. The van der Waals surface area contributed by atoms with E-state index in [-0.39, 0.29) is 5.91 Å². The van der Waals surface area contributed by atoms with Crippen LogP contribution in [0.1, 0.15) is 15.5 Å². The predicted molar refractivity (Wildman–Crippen MR) is 54.5 cm³/mol. The average Bonchev–Trinajstić information content (AvgIpc) is 2.86. The molecule has 0 spiro atoms. The van der Waals surface area contributed by atoms with E-state index >= 15 is 0 Å². The van der Waals surface area contributed by atoms with Gasteiger partial charge in [-0.2, -0.15) is 0 Å². The zero-order valence-electron chi connectivity index (χ0n) is 7.64. The van der Waals surface area contributed by atoms with Gasteiger partial charge >= 0.3 is 0 Å². The standard InChI is InChI=1S/C8H8N4O2S/c9-1-7-12-6(4-15-7)8(13)11-5-2-10-14-3-5/h2-4H,1,9H2,(H,11,13). The van der Waals surface area contributed by atoms with Crippen molar-refractivity contribution in [3.8, 4) is 0 Å². The molecule has 0 radical (unpaired) electrons. The first-order valence-corrected chi connectivity index (χ1v) is 5.03. The van der Waals surface area contributed by atoms with Crippen LogP contribution < -0.4 is 11.1 Å². The van der Waals surface area contributed by atoms with E-state index < -0.39 is 0 Å². The van der Waals surface area contributed by atoms with Gasteiger partial charge in [-0.15, -0.1) is 11.3 Å². The van der Waals surface area contributed by atoms with Crippen LogP contribution in [0, 0.1) is 0 Å². The molecule has 0 atom stereocenters. The molecule has 0 aromatic carbocycles. The highest BCUT2D eigenvalue weighted by molar-refractivity contribution is 7.09.